The predicted molar refractivity (Wildman–Crippen MR) is 70.5 cm³/mol. The second-order valence-corrected chi connectivity index (χ2v) is 4.57. The number of β-amino-alcohol motifs (C(OH)–C–C–N with tert-alkyl or cyclic N) is 1. The lowest BCUT2D eigenvalue weighted by Gasteiger charge is -2.23. The zero-order chi connectivity index (χ0) is 12.8. The third kappa shape index (κ3) is 3.41. The lowest BCUT2D eigenvalue weighted by atomic mass is 10.3. The van der Waals surface area contributed by atoms with E-state index in [4.69, 9.17) is 10.2 Å². The first-order valence-corrected chi connectivity index (χ1v) is 6.47. The molecule has 5 heteroatoms. The fraction of sp³-hybridized carbons (Fsp3) is 0.615. The summed E-state index contributed by atoms with van der Waals surface area (Å²) in [7, 11) is 0. The molecule has 2 heterocycles. The van der Waals surface area contributed by atoms with Crippen LogP contribution in [0.15, 0.2) is 18.3 Å². The molecule has 2 N–H and O–H groups in total. The topological polar surface area (TPSA) is 59.8 Å². The molecule has 1 aliphatic rings. The van der Waals surface area contributed by atoms with Crippen molar-refractivity contribution >= 4 is 5.69 Å². The predicted octanol–water partition coefficient (Wildman–Crippen LogP) is 0.0783. The normalized spacial score (nSPS) is 17.8. The summed E-state index contributed by atoms with van der Waals surface area (Å²) in [4.78, 5) is 8.70. The summed E-state index contributed by atoms with van der Waals surface area (Å²) in [6.45, 7) is 4.94. The molecule has 1 aliphatic heterocycles. The largest absolute Gasteiger partial charge is 0.395 e. The Morgan fingerprint density at radius 1 is 1.17 bits per heavy atom. The number of aliphatic hydroxyl groups is 2. The molecule has 0 bridgehead atoms. The molecule has 100 valence electrons. The Morgan fingerprint density at radius 3 is 2.83 bits per heavy atom. The van der Waals surface area contributed by atoms with Gasteiger partial charge in [-0.15, -0.1) is 0 Å². The van der Waals surface area contributed by atoms with Gasteiger partial charge in [-0.25, -0.2) is 0 Å². The summed E-state index contributed by atoms with van der Waals surface area (Å²) >= 11 is 0. The Balaban J connectivity index is 2.00. The van der Waals surface area contributed by atoms with Crippen LogP contribution in [0.25, 0.3) is 0 Å². The second-order valence-electron chi connectivity index (χ2n) is 4.57. The van der Waals surface area contributed by atoms with Gasteiger partial charge in [0.25, 0.3) is 0 Å². The molecular weight excluding hydrogens is 230 g/mol. The highest BCUT2D eigenvalue weighted by Gasteiger charge is 2.14. The summed E-state index contributed by atoms with van der Waals surface area (Å²) in [6.07, 6.45) is 2.84. The SMILES string of the molecule is OCCN1CCCN(c2ccnc(CO)c2)CC1. The number of anilines is 1. The minimum atomic E-state index is -0.0156. The summed E-state index contributed by atoms with van der Waals surface area (Å²) < 4.78 is 0. The van der Waals surface area contributed by atoms with E-state index in [1.54, 1.807) is 6.20 Å². The number of hydrogen-bond donors (Lipinski definition) is 2. The van der Waals surface area contributed by atoms with E-state index in [1.807, 2.05) is 12.1 Å². The Kier molecular flexibility index (Phi) is 4.92. The summed E-state index contributed by atoms with van der Waals surface area (Å²) in [5, 5.41) is 18.1. The first-order valence-electron chi connectivity index (χ1n) is 6.47. The van der Waals surface area contributed by atoms with E-state index in [1.165, 1.54) is 0 Å². The maximum absolute atomic E-state index is 9.11. The summed E-state index contributed by atoms with van der Waals surface area (Å²) in [6, 6.07) is 3.93. The van der Waals surface area contributed by atoms with Crippen LogP contribution in [0, 0.1) is 0 Å². The molecule has 0 atom stereocenters. The fourth-order valence-corrected chi connectivity index (χ4v) is 2.34. The number of aromatic nitrogens is 1. The van der Waals surface area contributed by atoms with E-state index >= 15 is 0 Å². The van der Waals surface area contributed by atoms with Gasteiger partial charge in [0.15, 0.2) is 0 Å². The molecule has 0 spiro atoms. The van der Waals surface area contributed by atoms with Gasteiger partial charge in [0.2, 0.25) is 0 Å². The van der Waals surface area contributed by atoms with Crippen molar-refractivity contribution < 1.29 is 10.2 Å². The van der Waals surface area contributed by atoms with Crippen molar-refractivity contribution in [1.82, 2.24) is 9.88 Å². The van der Waals surface area contributed by atoms with E-state index in [0.717, 1.165) is 44.8 Å². The van der Waals surface area contributed by atoms with Gasteiger partial charge in [-0.1, -0.05) is 0 Å². The van der Waals surface area contributed by atoms with Crippen molar-refractivity contribution in [3.63, 3.8) is 0 Å². The van der Waals surface area contributed by atoms with Gasteiger partial charge in [-0.05, 0) is 25.1 Å². The Morgan fingerprint density at radius 2 is 2.06 bits per heavy atom. The Bertz CT molecular complexity index is 373. The molecule has 2 rings (SSSR count). The van der Waals surface area contributed by atoms with E-state index < -0.39 is 0 Å². The summed E-state index contributed by atoms with van der Waals surface area (Å²) in [5.74, 6) is 0. The van der Waals surface area contributed by atoms with Crippen LogP contribution in [-0.4, -0.2) is 59.4 Å². The molecule has 0 unspecified atom stereocenters. The highest BCUT2D eigenvalue weighted by atomic mass is 16.3. The van der Waals surface area contributed by atoms with Gasteiger partial charge in [0.05, 0.1) is 18.9 Å². The second kappa shape index (κ2) is 6.68. The monoisotopic (exact) mass is 251 g/mol. The average Bonchev–Trinajstić information content (AvgIpc) is 2.65. The fourth-order valence-electron chi connectivity index (χ4n) is 2.34. The molecule has 5 nitrogen and oxygen atoms in total. The quantitative estimate of drug-likeness (QED) is 0.793. The third-order valence-corrected chi connectivity index (χ3v) is 3.33. The Hall–Kier alpha value is -1.17. The van der Waals surface area contributed by atoms with Crippen LogP contribution in [0.5, 0.6) is 0 Å². The van der Waals surface area contributed by atoms with Crippen molar-refractivity contribution in [1.29, 1.82) is 0 Å². The van der Waals surface area contributed by atoms with Gasteiger partial charge in [-0.3, -0.25) is 9.88 Å². The molecular formula is C13H21N3O2. The number of hydrogen-bond acceptors (Lipinski definition) is 5. The van der Waals surface area contributed by atoms with E-state index in [9.17, 15) is 0 Å². The van der Waals surface area contributed by atoms with Crippen LogP contribution in [0.2, 0.25) is 0 Å². The minimum absolute atomic E-state index is 0.0156. The molecule has 0 saturated carbocycles. The van der Waals surface area contributed by atoms with Crippen LogP contribution >= 0.6 is 0 Å². The number of nitrogens with zero attached hydrogens (tertiary/aromatic N) is 3. The zero-order valence-corrected chi connectivity index (χ0v) is 10.6. The zero-order valence-electron chi connectivity index (χ0n) is 10.6. The molecule has 18 heavy (non-hydrogen) atoms. The average molecular weight is 251 g/mol. The molecule has 1 fully saturated rings. The van der Waals surface area contributed by atoms with Crippen LogP contribution in [0.3, 0.4) is 0 Å². The molecule has 1 saturated heterocycles. The first-order chi connectivity index (χ1) is 8.83. The molecule has 1 aromatic heterocycles. The van der Waals surface area contributed by atoms with Crippen molar-refractivity contribution in [2.24, 2.45) is 0 Å². The van der Waals surface area contributed by atoms with E-state index in [2.05, 4.69) is 14.8 Å². The summed E-state index contributed by atoms with van der Waals surface area (Å²) in [5.41, 5.74) is 1.84. The number of rotatable bonds is 4. The molecule has 1 aromatic rings. The highest BCUT2D eigenvalue weighted by Crippen LogP contribution is 2.16. The van der Waals surface area contributed by atoms with Gasteiger partial charge in [-0.2, -0.15) is 0 Å². The number of pyridine rings is 1. The van der Waals surface area contributed by atoms with Crippen LogP contribution in [0.4, 0.5) is 5.69 Å². The third-order valence-electron chi connectivity index (χ3n) is 3.33. The maximum Gasteiger partial charge on any atom is 0.0853 e. The van der Waals surface area contributed by atoms with Crippen LogP contribution in [-0.2, 0) is 6.61 Å². The molecule has 0 aliphatic carbocycles. The lowest BCUT2D eigenvalue weighted by Crippen LogP contribution is -2.32. The molecule has 0 radical (unpaired) electrons. The minimum Gasteiger partial charge on any atom is -0.395 e. The van der Waals surface area contributed by atoms with E-state index in [-0.39, 0.29) is 13.2 Å². The van der Waals surface area contributed by atoms with Crippen molar-refractivity contribution in [2.45, 2.75) is 13.0 Å². The van der Waals surface area contributed by atoms with Gasteiger partial charge < -0.3 is 15.1 Å². The standard InChI is InChI=1S/C13H21N3O2/c17-9-8-15-4-1-5-16(7-6-15)13-2-3-14-12(10-13)11-18/h2-3,10,17-18H,1,4-9,11H2. The highest BCUT2D eigenvalue weighted by molar-refractivity contribution is 5.46. The van der Waals surface area contributed by atoms with E-state index in [0.29, 0.717) is 5.69 Å². The van der Waals surface area contributed by atoms with Crippen LogP contribution in [0.1, 0.15) is 12.1 Å². The van der Waals surface area contributed by atoms with Crippen molar-refractivity contribution in [3.8, 4) is 0 Å². The molecule has 0 aromatic carbocycles. The van der Waals surface area contributed by atoms with Crippen LogP contribution < -0.4 is 4.90 Å². The molecule has 0 amide bonds. The van der Waals surface area contributed by atoms with Gasteiger partial charge >= 0.3 is 0 Å². The van der Waals surface area contributed by atoms with Crippen molar-refractivity contribution in [3.05, 3.63) is 24.0 Å². The maximum atomic E-state index is 9.11. The van der Waals surface area contributed by atoms with Gasteiger partial charge in [0.1, 0.15) is 0 Å². The lowest BCUT2D eigenvalue weighted by molar-refractivity contribution is 0.204. The van der Waals surface area contributed by atoms with Crippen molar-refractivity contribution in [2.75, 3.05) is 44.2 Å². The Labute approximate surface area is 108 Å². The van der Waals surface area contributed by atoms with Gasteiger partial charge in [0, 0.05) is 38.1 Å². The smallest absolute Gasteiger partial charge is 0.0853 e. The first kappa shape index (κ1) is 13.3. The number of aliphatic hydroxyl groups excluding tert-OH is 2.